The third kappa shape index (κ3) is 3.82. The van der Waals surface area contributed by atoms with Crippen LogP contribution in [0.2, 0.25) is 0 Å². The van der Waals surface area contributed by atoms with Gasteiger partial charge in [0.2, 0.25) is 5.91 Å². The Bertz CT molecular complexity index is 1130. The van der Waals surface area contributed by atoms with Crippen LogP contribution in [-0.4, -0.2) is 28.6 Å². The van der Waals surface area contributed by atoms with Gasteiger partial charge >= 0.3 is 0 Å². The highest BCUT2D eigenvalue weighted by Crippen LogP contribution is 2.48. The second-order valence-corrected chi connectivity index (χ2v) is 8.79. The molecule has 1 amide bonds. The van der Waals surface area contributed by atoms with E-state index >= 15 is 0 Å². The Morgan fingerprint density at radius 1 is 1.10 bits per heavy atom. The van der Waals surface area contributed by atoms with Crippen LogP contribution in [0.3, 0.4) is 0 Å². The molecule has 2 aromatic carbocycles. The summed E-state index contributed by atoms with van der Waals surface area (Å²) in [5, 5.41) is 13.2. The van der Waals surface area contributed by atoms with Crippen molar-refractivity contribution < 1.29 is 23.1 Å². The molecular weight excluding hydrogens is 405 g/mol. The zero-order valence-electron chi connectivity index (χ0n) is 16.8. The first kappa shape index (κ1) is 20.1. The van der Waals surface area contributed by atoms with Crippen LogP contribution in [0.4, 0.5) is 13.2 Å². The summed E-state index contributed by atoms with van der Waals surface area (Å²) in [6.07, 6.45) is 2.35. The third-order valence-corrected chi connectivity index (χ3v) is 6.54. The predicted octanol–water partition coefficient (Wildman–Crippen LogP) is 4.63. The van der Waals surface area contributed by atoms with Crippen molar-refractivity contribution in [3.63, 3.8) is 0 Å². The van der Waals surface area contributed by atoms with Gasteiger partial charge in [0.15, 0.2) is 0 Å². The van der Waals surface area contributed by atoms with Crippen molar-refractivity contribution in [2.75, 3.05) is 6.54 Å². The number of H-pyrrole nitrogens is 1. The summed E-state index contributed by atoms with van der Waals surface area (Å²) in [5.41, 5.74) is 2.42. The van der Waals surface area contributed by atoms with Crippen LogP contribution in [0, 0.1) is 29.3 Å². The van der Waals surface area contributed by atoms with Gasteiger partial charge in [-0.25, -0.2) is 13.2 Å². The Hall–Kier alpha value is -2.80. The van der Waals surface area contributed by atoms with Gasteiger partial charge in [-0.2, -0.15) is 0 Å². The maximum atomic E-state index is 14.4. The number of carbonyl (C=O) groups is 1. The van der Waals surface area contributed by atoms with Crippen LogP contribution >= 0.6 is 0 Å². The average molecular weight is 428 g/mol. The standard InChI is InChI=1S/C24H23F3N2O2/c25-16-5-3-13(4-6-16)21-20(18-9-17(26)10-19(27)22(18)29-21)15-7-12(8-15)11-28-24(31)23(30)14-1-2-14/h3-6,9-10,12,14-15,23,29-30H,1-2,7-8,11H2,(H,28,31). The number of halogens is 3. The van der Waals surface area contributed by atoms with E-state index in [-0.39, 0.29) is 35.0 Å². The van der Waals surface area contributed by atoms with Gasteiger partial charge < -0.3 is 15.4 Å². The molecule has 2 aliphatic rings. The van der Waals surface area contributed by atoms with Crippen LogP contribution in [0.1, 0.15) is 37.2 Å². The molecule has 0 radical (unpaired) electrons. The summed E-state index contributed by atoms with van der Waals surface area (Å²) >= 11 is 0. The fourth-order valence-electron chi connectivity index (χ4n) is 4.62. The molecule has 1 heterocycles. The molecule has 2 fully saturated rings. The first-order valence-corrected chi connectivity index (χ1v) is 10.6. The lowest BCUT2D eigenvalue weighted by molar-refractivity contribution is -0.130. The molecule has 0 aliphatic heterocycles. The highest BCUT2D eigenvalue weighted by atomic mass is 19.1. The molecule has 2 aliphatic carbocycles. The Balaban J connectivity index is 1.38. The maximum absolute atomic E-state index is 14.4. The number of rotatable bonds is 6. The molecule has 162 valence electrons. The number of aliphatic hydroxyl groups excluding tert-OH is 1. The van der Waals surface area contributed by atoms with E-state index in [1.54, 1.807) is 12.1 Å². The number of benzene rings is 2. The van der Waals surface area contributed by atoms with Gasteiger partial charge in [-0.15, -0.1) is 0 Å². The molecule has 0 spiro atoms. The molecule has 3 aromatic rings. The van der Waals surface area contributed by atoms with E-state index in [4.69, 9.17) is 0 Å². The molecular formula is C24H23F3N2O2. The molecule has 1 aromatic heterocycles. The summed E-state index contributed by atoms with van der Waals surface area (Å²) in [5.74, 6) is -1.63. The second-order valence-electron chi connectivity index (χ2n) is 8.79. The van der Waals surface area contributed by atoms with E-state index in [1.165, 1.54) is 18.2 Å². The largest absolute Gasteiger partial charge is 0.383 e. The lowest BCUT2D eigenvalue weighted by atomic mass is 9.70. The Morgan fingerprint density at radius 3 is 2.48 bits per heavy atom. The first-order valence-electron chi connectivity index (χ1n) is 10.6. The van der Waals surface area contributed by atoms with Gasteiger partial charge in [0.25, 0.3) is 0 Å². The van der Waals surface area contributed by atoms with Gasteiger partial charge in [0, 0.05) is 18.0 Å². The van der Waals surface area contributed by atoms with E-state index in [2.05, 4.69) is 10.3 Å². The van der Waals surface area contributed by atoms with Crippen molar-refractivity contribution in [1.82, 2.24) is 10.3 Å². The van der Waals surface area contributed by atoms with E-state index in [0.29, 0.717) is 23.2 Å². The Labute approximate surface area is 177 Å². The smallest absolute Gasteiger partial charge is 0.249 e. The zero-order chi connectivity index (χ0) is 21.7. The van der Waals surface area contributed by atoms with Crippen LogP contribution in [0.5, 0.6) is 0 Å². The predicted molar refractivity (Wildman–Crippen MR) is 111 cm³/mol. The monoisotopic (exact) mass is 428 g/mol. The van der Waals surface area contributed by atoms with E-state index in [9.17, 15) is 23.1 Å². The van der Waals surface area contributed by atoms with Crippen molar-refractivity contribution >= 4 is 16.8 Å². The minimum atomic E-state index is -0.930. The average Bonchev–Trinajstić information content (AvgIpc) is 3.49. The number of carbonyl (C=O) groups excluding carboxylic acids is 1. The number of aromatic nitrogens is 1. The van der Waals surface area contributed by atoms with Gasteiger partial charge in [-0.1, -0.05) is 0 Å². The molecule has 2 saturated carbocycles. The van der Waals surface area contributed by atoms with Crippen molar-refractivity contribution in [2.45, 2.75) is 37.7 Å². The molecule has 31 heavy (non-hydrogen) atoms. The van der Waals surface area contributed by atoms with Gasteiger partial charge in [-0.3, -0.25) is 4.79 Å². The van der Waals surface area contributed by atoms with Crippen molar-refractivity contribution in [1.29, 1.82) is 0 Å². The van der Waals surface area contributed by atoms with E-state index in [0.717, 1.165) is 37.3 Å². The topological polar surface area (TPSA) is 65.1 Å². The summed E-state index contributed by atoms with van der Waals surface area (Å²) in [6, 6.07) is 8.10. The number of hydrogen-bond donors (Lipinski definition) is 3. The highest BCUT2D eigenvalue weighted by molar-refractivity contribution is 5.92. The maximum Gasteiger partial charge on any atom is 0.249 e. The van der Waals surface area contributed by atoms with Crippen molar-refractivity contribution in [2.24, 2.45) is 11.8 Å². The SMILES string of the molecule is O=C(NCC1CC(c2c(-c3ccc(F)cc3)[nH]c3c(F)cc(F)cc23)C1)C(O)C1CC1. The van der Waals surface area contributed by atoms with Crippen LogP contribution in [0.25, 0.3) is 22.2 Å². The van der Waals surface area contributed by atoms with Crippen molar-refractivity contribution in [3.8, 4) is 11.3 Å². The third-order valence-electron chi connectivity index (χ3n) is 6.54. The molecule has 7 heteroatoms. The summed E-state index contributed by atoms with van der Waals surface area (Å²) < 4.78 is 41.8. The minimum Gasteiger partial charge on any atom is -0.383 e. The number of aromatic amines is 1. The molecule has 4 nitrogen and oxygen atoms in total. The minimum absolute atomic E-state index is 0.0604. The Morgan fingerprint density at radius 2 is 1.81 bits per heavy atom. The van der Waals surface area contributed by atoms with Gasteiger partial charge in [0.05, 0.1) is 11.2 Å². The van der Waals surface area contributed by atoms with Gasteiger partial charge in [0.1, 0.15) is 23.6 Å². The normalized spacial score (nSPS) is 21.7. The number of nitrogens with one attached hydrogen (secondary N) is 2. The second kappa shape index (κ2) is 7.71. The number of hydrogen-bond acceptors (Lipinski definition) is 2. The van der Waals surface area contributed by atoms with Crippen molar-refractivity contribution in [3.05, 3.63) is 59.4 Å². The molecule has 5 rings (SSSR count). The van der Waals surface area contributed by atoms with Gasteiger partial charge in [-0.05, 0) is 84.9 Å². The summed E-state index contributed by atoms with van der Waals surface area (Å²) in [4.78, 5) is 15.1. The van der Waals surface area contributed by atoms with E-state index < -0.39 is 17.7 Å². The number of amides is 1. The fraction of sp³-hybridized carbons (Fsp3) is 0.375. The van der Waals surface area contributed by atoms with Crippen LogP contribution in [0.15, 0.2) is 36.4 Å². The van der Waals surface area contributed by atoms with E-state index in [1.807, 2.05) is 0 Å². The van der Waals surface area contributed by atoms with Crippen LogP contribution in [-0.2, 0) is 4.79 Å². The summed E-state index contributed by atoms with van der Waals surface area (Å²) in [6.45, 7) is 0.468. The molecule has 1 unspecified atom stereocenters. The number of aliphatic hydroxyl groups is 1. The summed E-state index contributed by atoms with van der Waals surface area (Å²) in [7, 11) is 0. The molecule has 0 bridgehead atoms. The number of fused-ring (bicyclic) bond motifs is 1. The quantitative estimate of drug-likeness (QED) is 0.536. The lowest BCUT2D eigenvalue weighted by Crippen LogP contribution is -2.41. The van der Waals surface area contributed by atoms with Crippen LogP contribution < -0.4 is 5.32 Å². The lowest BCUT2D eigenvalue weighted by Gasteiger charge is -2.36. The molecule has 0 saturated heterocycles. The molecule has 3 N–H and O–H groups in total. The Kier molecular flexibility index (Phi) is 5.01. The fourth-order valence-corrected chi connectivity index (χ4v) is 4.62. The zero-order valence-corrected chi connectivity index (χ0v) is 16.8. The first-order chi connectivity index (χ1) is 14.9. The molecule has 1 atom stereocenters. The highest BCUT2D eigenvalue weighted by Gasteiger charge is 2.37.